The first kappa shape index (κ1) is 19.5. The third-order valence-corrected chi connectivity index (χ3v) is 5.34. The second-order valence-corrected chi connectivity index (χ2v) is 9.59. The predicted molar refractivity (Wildman–Crippen MR) is 108 cm³/mol. The molecule has 0 aliphatic carbocycles. The fourth-order valence-corrected chi connectivity index (χ4v) is 3.84. The maximum Gasteiger partial charge on any atom is 0.298 e. The molecule has 0 aliphatic rings. The van der Waals surface area contributed by atoms with Gasteiger partial charge in [-0.3, -0.25) is 4.79 Å². The molecule has 0 atom stereocenters. The number of hydrogen-bond donors (Lipinski definition) is 2. The number of rotatable bonds is 2. The molecule has 0 unspecified atom stereocenters. The highest BCUT2D eigenvalue weighted by atomic mass is 32.1. The van der Waals surface area contributed by atoms with Crippen molar-refractivity contribution >= 4 is 16.3 Å². The molecule has 0 saturated heterocycles. The summed E-state index contributed by atoms with van der Waals surface area (Å²) in [5.41, 5.74) is 2.35. The first-order valence-corrected chi connectivity index (χ1v) is 9.68. The van der Waals surface area contributed by atoms with Gasteiger partial charge >= 0.3 is 0 Å². The summed E-state index contributed by atoms with van der Waals surface area (Å²) in [6.45, 7) is 11.9. The van der Waals surface area contributed by atoms with Crippen LogP contribution >= 0.6 is 11.3 Å². The lowest BCUT2D eigenvalue weighted by Crippen LogP contribution is -2.19. The number of phenols is 1. The molecule has 6 nitrogen and oxygen atoms in total. The fraction of sp³-hybridized carbons (Fsp3) is 0.450. The normalized spacial score (nSPS) is 12.7. The lowest BCUT2D eigenvalue weighted by Gasteiger charge is -2.28. The maximum atomic E-state index is 11.9. The summed E-state index contributed by atoms with van der Waals surface area (Å²) in [6.07, 6.45) is 0. The molecule has 144 valence electrons. The Kier molecular flexibility index (Phi) is 4.64. The summed E-state index contributed by atoms with van der Waals surface area (Å²) >= 11 is 1.32. The number of aliphatic hydroxyl groups is 1. The highest BCUT2D eigenvalue weighted by Gasteiger charge is 2.27. The average Bonchev–Trinajstić information content (AvgIpc) is 2.94. The second-order valence-electron chi connectivity index (χ2n) is 8.76. The molecule has 0 fully saturated rings. The van der Waals surface area contributed by atoms with E-state index in [9.17, 15) is 15.0 Å². The largest absolute Gasteiger partial charge is 0.507 e. The number of hydrogen-bond acceptors (Lipinski definition) is 6. The predicted octanol–water partition coefficient (Wildman–Crippen LogP) is 3.61. The van der Waals surface area contributed by atoms with E-state index in [1.54, 1.807) is 4.52 Å². The van der Waals surface area contributed by atoms with Crippen LogP contribution < -0.4 is 5.56 Å². The summed E-state index contributed by atoms with van der Waals surface area (Å²) in [5.74, 6) is 0.312. The molecule has 3 aromatic rings. The highest BCUT2D eigenvalue weighted by Crippen LogP contribution is 2.42. The molecule has 0 radical (unpaired) electrons. The van der Waals surface area contributed by atoms with Gasteiger partial charge in [0.05, 0.1) is 12.3 Å². The molecule has 0 amide bonds. The molecule has 2 aromatic heterocycles. The Morgan fingerprint density at radius 2 is 1.63 bits per heavy atom. The van der Waals surface area contributed by atoms with Crippen LogP contribution in [-0.2, 0) is 17.4 Å². The molecule has 7 heteroatoms. The molecular weight excluding hydrogens is 362 g/mol. The van der Waals surface area contributed by atoms with Gasteiger partial charge < -0.3 is 10.2 Å². The second kappa shape index (κ2) is 6.42. The number of aliphatic hydroxyl groups excluding tert-OH is 1. The zero-order valence-electron chi connectivity index (χ0n) is 16.5. The van der Waals surface area contributed by atoms with E-state index in [2.05, 4.69) is 51.6 Å². The van der Waals surface area contributed by atoms with E-state index in [0.29, 0.717) is 10.7 Å². The number of thiazole rings is 1. The van der Waals surface area contributed by atoms with Crippen LogP contribution in [0.15, 0.2) is 22.3 Å². The molecule has 27 heavy (non-hydrogen) atoms. The van der Waals surface area contributed by atoms with E-state index in [4.69, 9.17) is 0 Å². The van der Waals surface area contributed by atoms with Crippen LogP contribution in [0.5, 0.6) is 5.75 Å². The molecule has 0 saturated carbocycles. The highest BCUT2D eigenvalue weighted by molar-refractivity contribution is 7.15. The minimum atomic E-state index is -0.512. The van der Waals surface area contributed by atoms with Crippen molar-refractivity contribution in [2.75, 3.05) is 0 Å². The molecule has 0 spiro atoms. The van der Waals surface area contributed by atoms with E-state index >= 15 is 0 Å². The van der Waals surface area contributed by atoms with Crippen LogP contribution in [0.4, 0.5) is 0 Å². The van der Waals surface area contributed by atoms with Crippen LogP contribution in [0.1, 0.15) is 58.4 Å². The topological polar surface area (TPSA) is 87.7 Å². The third kappa shape index (κ3) is 3.49. The summed E-state index contributed by atoms with van der Waals surface area (Å²) in [5, 5.41) is 26.4. The lowest BCUT2D eigenvalue weighted by molar-refractivity contribution is 0.273. The van der Waals surface area contributed by atoms with E-state index in [1.165, 1.54) is 11.3 Å². The number of aromatic nitrogens is 3. The number of aromatic hydroxyl groups is 1. The van der Waals surface area contributed by atoms with Crippen molar-refractivity contribution in [3.05, 3.63) is 44.7 Å². The van der Waals surface area contributed by atoms with Gasteiger partial charge in [-0.1, -0.05) is 41.5 Å². The van der Waals surface area contributed by atoms with Crippen molar-refractivity contribution in [2.45, 2.75) is 59.0 Å². The number of phenolic OH excluding ortho intramolecular Hbond substituents is 1. The Labute approximate surface area is 162 Å². The van der Waals surface area contributed by atoms with Crippen molar-refractivity contribution < 1.29 is 10.2 Å². The zero-order chi connectivity index (χ0) is 20.1. The average molecular weight is 388 g/mol. The molecule has 0 bridgehead atoms. The zero-order valence-corrected chi connectivity index (χ0v) is 17.3. The van der Waals surface area contributed by atoms with Gasteiger partial charge in [-0.25, -0.2) is 4.52 Å². The van der Waals surface area contributed by atoms with Gasteiger partial charge in [-0.2, -0.15) is 10.1 Å². The first-order valence-electron chi connectivity index (χ1n) is 8.80. The minimum Gasteiger partial charge on any atom is -0.507 e. The first-order chi connectivity index (χ1) is 12.4. The van der Waals surface area contributed by atoms with E-state index in [0.717, 1.165) is 22.4 Å². The lowest BCUT2D eigenvalue weighted by atomic mass is 9.78. The van der Waals surface area contributed by atoms with Gasteiger partial charge in [0.2, 0.25) is 4.96 Å². The van der Waals surface area contributed by atoms with Crippen LogP contribution in [-0.4, -0.2) is 24.8 Å². The van der Waals surface area contributed by atoms with Crippen molar-refractivity contribution in [2.24, 2.45) is 0 Å². The van der Waals surface area contributed by atoms with Crippen molar-refractivity contribution in [1.29, 1.82) is 0 Å². The minimum absolute atomic E-state index is 0.0121. The maximum absolute atomic E-state index is 11.9. The van der Waals surface area contributed by atoms with E-state index < -0.39 is 12.2 Å². The monoisotopic (exact) mass is 387 g/mol. The molecule has 0 aliphatic heterocycles. The SMILES string of the molecule is CC(C)(C)c1cc(-c2csc3nc(=O)c(CO)nn23)cc(C(C)(C)C)c1O. The fourth-order valence-electron chi connectivity index (χ4n) is 3.01. The molecule has 2 N–H and O–H groups in total. The smallest absolute Gasteiger partial charge is 0.298 e. The van der Waals surface area contributed by atoms with Gasteiger partial charge in [-0.05, 0) is 23.0 Å². The Hall–Kier alpha value is -2.25. The summed E-state index contributed by atoms with van der Waals surface area (Å²) in [4.78, 5) is 16.3. The molecular formula is C20H25N3O3S. The summed E-state index contributed by atoms with van der Waals surface area (Å²) in [7, 11) is 0. The van der Waals surface area contributed by atoms with Crippen molar-refractivity contribution in [1.82, 2.24) is 14.6 Å². The van der Waals surface area contributed by atoms with Crippen molar-refractivity contribution in [3.8, 4) is 17.0 Å². The van der Waals surface area contributed by atoms with Crippen LogP contribution in [0.3, 0.4) is 0 Å². The Morgan fingerprint density at radius 1 is 1.07 bits per heavy atom. The van der Waals surface area contributed by atoms with Crippen LogP contribution in [0, 0.1) is 0 Å². The quantitative estimate of drug-likeness (QED) is 0.701. The van der Waals surface area contributed by atoms with Gasteiger partial charge in [0.15, 0.2) is 5.69 Å². The molecule has 3 rings (SSSR count). The van der Waals surface area contributed by atoms with Gasteiger partial charge in [0, 0.05) is 22.1 Å². The summed E-state index contributed by atoms with van der Waals surface area (Å²) in [6, 6.07) is 3.93. The molecule has 1 aromatic carbocycles. The van der Waals surface area contributed by atoms with Crippen LogP contribution in [0.25, 0.3) is 16.2 Å². The Bertz CT molecular complexity index is 1030. The van der Waals surface area contributed by atoms with Crippen molar-refractivity contribution in [3.63, 3.8) is 0 Å². The molecule has 2 heterocycles. The van der Waals surface area contributed by atoms with Gasteiger partial charge in [0.1, 0.15) is 5.75 Å². The van der Waals surface area contributed by atoms with E-state index in [-0.39, 0.29) is 16.5 Å². The van der Waals surface area contributed by atoms with E-state index in [1.807, 2.05) is 17.5 Å². The summed E-state index contributed by atoms with van der Waals surface area (Å²) < 4.78 is 1.59. The standard InChI is InChI=1S/C20H25N3O3S/c1-19(2,3)12-7-11(8-13(16(12)25)20(4,5)6)15-10-27-18-21-17(26)14(9-24)22-23(15)18/h7-8,10,24-25H,9H2,1-6H3. The van der Waals surface area contributed by atoms with Gasteiger partial charge in [0.25, 0.3) is 5.56 Å². The Balaban J connectivity index is 2.35. The van der Waals surface area contributed by atoms with Gasteiger partial charge in [-0.15, -0.1) is 11.3 Å². The Morgan fingerprint density at radius 3 is 2.11 bits per heavy atom. The number of nitrogens with zero attached hydrogens (tertiary/aromatic N) is 3. The number of benzene rings is 1. The third-order valence-electron chi connectivity index (χ3n) is 4.52. The van der Waals surface area contributed by atoms with Crippen LogP contribution in [0.2, 0.25) is 0 Å². The number of fused-ring (bicyclic) bond motifs is 1.